The maximum atomic E-state index is 13.7. The standard InChI is InChI=1S/C14H9FN2O4/c1-20-10-3-5-14(12(7-10)17(18)19)21-13-4-2-9(8-16)6-11(13)15/h2-7H,1H3. The van der Waals surface area contributed by atoms with Gasteiger partial charge in [-0.3, -0.25) is 10.1 Å². The third kappa shape index (κ3) is 3.06. The zero-order chi connectivity index (χ0) is 15.4. The molecule has 0 aliphatic heterocycles. The Hall–Kier alpha value is -3.14. The first kappa shape index (κ1) is 14.3. The first-order chi connectivity index (χ1) is 10.0. The van der Waals surface area contributed by atoms with Crippen LogP contribution >= 0.6 is 0 Å². The van der Waals surface area contributed by atoms with Gasteiger partial charge in [0.2, 0.25) is 5.75 Å². The molecule has 0 amide bonds. The molecule has 2 rings (SSSR count). The summed E-state index contributed by atoms with van der Waals surface area (Å²) in [6, 6.07) is 9.32. The number of hydrogen-bond donors (Lipinski definition) is 0. The molecular weight excluding hydrogens is 279 g/mol. The van der Waals surface area contributed by atoms with Crippen molar-refractivity contribution in [2.24, 2.45) is 0 Å². The smallest absolute Gasteiger partial charge is 0.315 e. The van der Waals surface area contributed by atoms with Crippen molar-refractivity contribution in [3.05, 3.63) is 57.9 Å². The Bertz CT molecular complexity index is 740. The first-order valence-electron chi connectivity index (χ1n) is 5.75. The highest BCUT2D eigenvalue weighted by Gasteiger charge is 2.18. The molecule has 6 nitrogen and oxygen atoms in total. The molecule has 2 aromatic rings. The van der Waals surface area contributed by atoms with Crippen LogP contribution in [0.2, 0.25) is 0 Å². The zero-order valence-corrected chi connectivity index (χ0v) is 10.9. The van der Waals surface area contributed by atoms with Crippen LogP contribution in [0.5, 0.6) is 17.2 Å². The molecule has 0 aliphatic carbocycles. The van der Waals surface area contributed by atoms with E-state index in [1.165, 1.54) is 37.4 Å². The Morgan fingerprint density at radius 3 is 2.52 bits per heavy atom. The number of ether oxygens (including phenoxy) is 2. The fraction of sp³-hybridized carbons (Fsp3) is 0.0714. The lowest BCUT2D eigenvalue weighted by Crippen LogP contribution is -1.96. The lowest BCUT2D eigenvalue weighted by molar-refractivity contribution is -0.385. The van der Waals surface area contributed by atoms with Gasteiger partial charge < -0.3 is 9.47 Å². The SMILES string of the molecule is COc1ccc(Oc2ccc(C#N)cc2F)c([N+](=O)[O-])c1. The fourth-order valence-electron chi connectivity index (χ4n) is 1.62. The number of halogens is 1. The van der Waals surface area contributed by atoms with Gasteiger partial charge in [0.05, 0.1) is 29.7 Å². The average molecular weight is 288 g/mol. The highest BCUT2D eigenvalue weighted by molar-refractivity contribution is 5.53. The summed E-state index contributed by atoms with van der Waals surface area (Å²) in [5.74, 6) is -0.819. The van der Waals surface area contributed by atoms with Crippen molar-refractivity contribution >= 4 is 5.69 Å². The molecule has 0 N–H and O–H groups in total. The summed E-state index contributed by atoms with van der Waals surface area (Å²) >= 11 is 0. The molecule has 0 unspecified atom stereocenters. The van der Waals surface area contributed by atoms with Gasteiger partial charge in [-0.25, -0.2) is 4.39 Å². The Morgan fingerprint density at radius 1 is 1.24 bits per heavy atom. The van der Waals surface area contributed by atoms with Crippen molar-refractivity contribution in [1.29, 1.82) is 5.26 Å². The number of rotatable bonds is 4. The van der Waals surface area contributed by atoms with Gasteiger partial charge in [-0.05, 0) is 30.3 Å². The van der Waals surface area contributed by atoms with E-state index >= 15 is 0 Å². The molecule has 106 valence electrons. The monoisotopic (exact) mass is 288 g/mol. The van der Waals surface area contributed by atoms with Crippen LogP contribution in [0.1, 0.15) is 5.56 Å². The number of nitro benzene ring substituents is 1. The average Bonchev–Trinajstić information content (AvgIpc) is 2.49. The lowest BCUT2D eigenvalue weighted by atomic mass is 10.2. The number of hydrogen-bond acceptors (Lipinski definition) is 5. The predicted molar refractivity (Wildman–Crippen MR) is 70.8 cm³/mol. The summed E-state index contributed by atoms with van der Waals surface area (Å²) in [7, 11) is 1.37. The topological polar surface area (TPSA) is 85.4 Å². The van der Waals surface area contributed by atoms with Crippen molar-refractivity contribution in [2.45, 2.75) is 0 Å². The third-order valence-corrected chi connectivity index (χ3v) is 2.64. The quantitative estimate of drug-likeness (QED) is 0.635. The van der Waals surface area contributed by atoms with Crippen LogP contribution in [0.25, 0.3) is 0 Å². The van der Waals surface area contributed by atoms with Gasteiger partial charge in [0.25, 0.3) is 0 Å². The molecule has 0 aliphatic rings. The summed E-state index contributed by atoms with van der Waals surface area (Å²) in [4.78, 5) is 10.3. The molecule has 0 saturated heterocycles. The van der Waals surface area contributed by atoms with E-state index in [0.717, 1.165) is 6.07 Å². The Morgan fingerprint density at radius 2 is 1.95 bits per heavy atom. The number of benzene rings is 2. The summed E-state index contributed by atoms with van der Waals surface area (Å²) < 4.78 is 23.8. The Labute approximate surface area is 119 Å². The van der Waals surface area contributed by atoms with Crippen molar-refractivity contribution in [3.8, 4) is 23.3 Å². The van der Waals surface area contributed by atoms with Gasteiger partial charge in [0.15, 0.2) is 11.6 Å². The van der Waals surface area contributed by atoms with Gasteiger partial charge in [0.1, 0.15) is 5.75 Å². The summed E-state index contributed by atoms with van der Waals surface area (Å²) in [6.45, 7) is 0. The second-order valence-corrected chi connectivity index (χ2v) is 3.95. The van der Waals surface area contributed by atoms with Crippen LogP contribution in [0, 0.1) is 27.3 Å². The molecule has 2 aromatic carbocycles. The summed E-state index contributed by atoms with van der Waals surface area (Å²) in [5.41, 5.74) is -0.220. The fourth-order valence-corrected chi connectivity index (χ4v) is 1.62. The molecule has 7 heteroatoms. The normalized spacial score (nSPS) is 9.76. The maximum absolute atomic E-state index is 13.7. The third-order valence-electron chi connectivity index (χ3n) is 2.64. The van der Waals surface area contributed by atoms with Crippen molar-refractivity contribution < 1.29 is 18.8 Å². The largest absolute Gasteiger partial charge is 0.496 e. The molecule has 0 saturated carbocycles. The lowest BCUT2D eigenvalue weighted by Gasteiger charge is -2.08. The molecular formula is C14H9FN2O4. The highest BCUT2D eigenvalue weighted by Crippen LogP contribution is 2.35. The minimum Gasteiger partial charge on any atom is -0.496 e. The van der Waals surface area contributed by atoms with Crippen molar-refractivity contribution in [2.75, 3.05) is 7.11 Å². The molecule has 0 radical (unpaired) electrons. The van der Waals surface area contributed by atoms with E-state index in [9.17, 15) is 14.5 Å². The second kappa shape index (κ2) is 5.88. The number of nitrogens with zero attached hydrogens (tertiary/aromatic N) is 2. The van der Waals surface area contributed by atoms with E-state index in [2.05, 4.69) is 0 Å². The highest BCUT2D eigenvalue weighted by atomic mass is 19.1. The molecule has 0 aromatic heterocycles. The van der Waals surface area contributed by atoms with Crippen molar-refractivity contribution in [1.82, 2.24) is 0 Å². The molecule has 0 spiro atoms. The van der Waals surface area contributed by atoms with Crippen LogP contribution in [-0.2, 0) is 0 Å². The van der Waals surface area contributed by atoms with Crippen LogP contribution in [0.4, 0.5) is 10.1 Å². The van der Waals surface area contributed by atoms with Gasteiger partial charge in [-0.15, -0.1) is 0 Å². The van der Waals surface area contributed by atoms with Crippen LogP contribution < -0.4 is 9.47 Å². The first-order valence-corrected chi connectivity index (χ1v) is 5.75. The molecule has 21 heavy (non-hydrogen) atoms. The molecule has 0 bridgehead atoms. The van der Waals surface area contributed by atoms with Crippen LogP contribution in [-0.4, -0.2) is 12.0 Å². The summed E-state index contributed by atoms with van der Waals surface area (Å²) in [6.07, 6.45) is 0. The van der Waals surface area contributed by atoms with E-state index < -0.39 is 10.7 Å². The van der Waals surface area contributed by atoms with Crippen molar-refractivity contribution in [3.63, 3.8) is 0 Å². The van der Waals surface area contributed by atoms with Gasteiger partial charge in [-0.2, -0.15) is 5.26 Å². The Balaban J connectivity index is 2.40. The van der Waals surface area contributed by atoms with E-state index in [1.807, 2.05) is 0 Å². The van der Waals surface area contributed by atoms with Gasteiger partial charge >= 0.3 is 5.69 Å². The predicted octanol–water partition coefficient (Wildman–Crippen LogP) is 3.41. The van der Waals surface area contributed by atoms with E-state index in [0.29, 0.717) is 0 Å². The number of nitriles is 1. The number of nitro groups is 1. The second-order valence-electron chi connectivity index (χ2n) is 3.95. The zero-order valence-electron chi connectivity index (χ0n) is 10.9. The van der Waals surface area contributed by atoms with E-state index in [1.54, 1.807) is 6.07 Å². The van der Waals surface area contributed by atoms with Gasteiger partial charge in [0, 0.05) is 0 Å². The maximum Gasteiger partial charge on any atom is 0.315 e. The minimum absolute atomic E-state index is 0.121. The van der Waals surface area contributed by atoms with Crippen LogP contribution in [0.3, 0.4) is 0 Å². The Kier molecular flexibility index (Phi) is 4.00. The molecule has 0 heterocycles. The van der Waals surface area contributed by atoms with E-state index in [-0.39, 0.29) is 28.5 Å². The van der Waals surface area contributed by atoms with Crippen LogP contribution in [0.15, 0.2) is 36.4 Å². The number of methoxy groups -OCH3 is 1. The minimum atomic E-state index is -0.779. The van der Waals surface area contributed by atoms with E-state index in [4.69, 9.17) is 14.7 Å². The summed E-state index contributed by atoms with van der Waals surface area (Å²) in [5, 5.41) is 19.7. The molecule has 0 atom stereocenters. The van der Waals surface area contributed by atoms with Gasteiger partial charge in [-0.1, -0.05) is 0 Å². The molecule has 0 fully saturated rings.